The van der Waals surface area contributed by atoms with Gasteiger partial charge in [-0.05, 0) is 24.1 Å². The van der Waals surface area contributed by atoms with E-state index in [1.54, 1.807) is 30.3 Å². The molecule has 0 aromatic heterocycles. The summed E-state index contributed by atoms with van der Waals surface area (Å²) in [5.74, 6) is -0.0365. The molecule has 0 atom stereocenters. The minimum absolute atomic E-state index is 0.0365. The van der Waals surface area contributed by atoms with Crippen molar-refractivity contribution in [2.75, 3.05) is 0 Å². The Bertz CT molecular complexity index is 600. The Morgan fingerprint density at radius 2 is 1.89 bits per heavy atom. The highest BCUT2D eigenvalue weighted by molar-refractivity contribution is 6.32. The summed E-state index contributed by atoms with van der Waals surface area (Å²) in [6.07, 6.45) is 3.41. The number of benzene rings is 2. The first kappa shape index (κ1) is 12.4. The highest BCUT2D eigenvalue weighted by atomic mass is 16.1. The fraction of sp³-hybridized carbons (Fsp3) is 0.0625. The number of rotatable bonds is 3. The van der Waals surface area contributed by atoms with E-state index in [9.17, 15) is 4.79 Å². The van der Waals surface area contributed by atoms with Gasteiger partial charge in [0, 0.05) is 5.56 Å². The summed E-state index contributed by atoms with van der Waals surface area (Å²) in [7, 11) is 5.65. The van der Waals surface area contributed by atoms with Gasteiger partial charge in [0.25, 0.3) is 0 Å². The van der Waals surface area contributed by atoms with E-state index >= 15 is 0 Å². The van der Waals surface area contributed by atoms with Crippen molar-refractivity contribution < 1.29 is 4.79 Å². The number of hydrogen-bond acceptors (Lipinski definition) is 1. The van der Waals surface area contributed by atoms with E-state index in [0.29, 0.717) is 11.0 Å². The van der Waals surface area contributed by atoms with Gasteiger partial charge in [-0.3, -0.25) is 4.79 Å². The molecule has 0 unspecified atom stereocenters. The predicted molar refractivity (Wildman–Crippen MR) is 76.4 cm³/mol. The second-order valence-corrected chi connectivity index (χ2v) is 4.18. The van der Waals surface area contributed by atoms with Crippen LogP contribution >= 0.6 is 0 Å². The van der Waals surface area contributed by atoms with Crippen LogP contribution in [0.1, 0.15) is 21.5 Å². The van der Waals surface area contributed by atoms with Crippen molar-refractivity contribution >= 4 is 25.2 Å². The lowest BCUT2D eigenvalue weighted by Crippen LogP contribution is -2.05. The Balaban J connectivity index is 2.20. The van der Waals surface area contributed by atoms with Crippen molar-refractivity contribution in [1.82, 2.24) is 0 Å². The Labute approximate surface area is 109 Å². The number of carbonyl (C=O) groups is 1. The van der Waals surface area contributed by atoms with Crippen LogP contribution in [0, 0.1) is 6.92 Å². The van der Waals surface area contributed by atoms with Gasteiger partial charge in [0.05, 0.1) is 0 Å². The molecule has 2 aromatic rings. The summed E-state index contributed by atoms with van der Waals surface area (Å²) < 4.78 is 0. The lowest BCUT2D eigenvalue weighted by Gasteiger charge is -2.00. The Hall–Kier alpha value is -2.09. The first-order valence-corrected chi connectivity index (χ1v) is 5.80. The zero-order valence-electron chi connectivity index (χ0n) is 10.3. The van der Waals surface area contributed by atoms with E-state index in [0.717, 1.165) is 11.1 Å². The molecule has 0 spiro atoms. The number of hydrogen-bond donors (Lipinski definition) is 0. The topological polar surface area (TPSA) is 17.1 Å². The monoisotopic (exact) mass is 232 g/mol. The molecule has 2 aromatic carbocycles. The Kier molecular flexibility index (Phi) is 3.78. The Morgan fingerprint density at radius 3 is 2.61 bits per heavy atom. The zero-order valence-corrected chi connectivity index (χ0v) is 10.3. The molecule has 0 aliphatic rings. The summed E-state index contributed by atoms with van der Waals surface area (Å²) in [4.78, 5) is 11.9. The van der Waals surface area contributed by atoms with Gasteiger partial charge in [-0.15, -0.1) is 0 Å². The van der Waals surface area contributed by atoms with Gasteiger partial charge in [0.1, 0.15) is 7.85 Å². The Morgan fingerprint density at radius 1 is 1.11 bits per heavy atom. The van der Waals surface area contributed by atoms with E-state index in [4.69, 9.17) is 7.85 Å². The van der Waals surface area contributed by atoms with Gasteiger partial charge in [-0.1, -0.05) is 60.1 Å². The maximum Gasteiger partial charge on any atom is 0.185 e. The molecule has 2 heteroatoms. The van der Waals surface area contributed by atoms with Crippen LogP contribution in [0.3, 0.4) is 0 Å². The summed E-state index contributed by atoms with van der Waals surface area (Å²) in [5.41, 5.74) is 3.41. The van der Waals surface area contributed by atoms with Gasteiger partial charge >= 0.3 is 0 Å². The molecule has 0 N–H and O–H groups in total. The highest BCUT2D eigenvalue weighted by Gasteiger charge is 2.01. The number of carbonyl (C=O) groups excluding carboxylic acids is 1. The van der Waals surface area contributed by atoms with Gasteiger partial charge in [0.15, 0.2) is 5.78 Å². The number of allylic oxidation sites excluding steroid dienone is 1. The van der Waals surface area contributed by atoms with Crippen LogP contribution in [0.4, 0.5) is 0 Å². The summed E-state index contributed by atoms with van der Waals surface area (Å²) >= 11 is 0. The van der Waals surface area contributed by atoms with E-state index in [1.165, 1.54) is 0 Å². The average Bonchev–Trinajstić information content (AvgIpc) is 2.37. The van der Waals surface area contributed by atoms with Crippen LogP contribution in [0.25, 0.3) is 6.08 Å². The van der Waals surface area contributed by atoms with Crippen LogP contribution in [0.5, 0.6) is 0 Å². The molecule has 2 radical (unpaired) electrons. The minimum Gasteiger partial charge on any atom is -0.289 e. The highest BCUT2D eigenvalue weighted by Crippen LogP contribution is 2.10. The molecule has 0 aliphatic heterocycles. The largest absolute Gasteiger partial charge is 0.289 e. The van der Waals surface area contributed by atoms with Crippen LogP contribution in [-0.4, -0.2) is 13.6 Å². The van der Waals surface area contributed by atoms with Crippen molar-refractivity contribution in [1.29, 1.82) is 0 Å². The molecule has 0 fully saturated rings. The maximum atomic E-state index is 11.9. The summed E-state index contributed by atoms with van der Waals surface area (Å²) in [6.45, 7) is 2.02. The van der Waals surface area contributed by atoms with Crippen molar-refractivity contribution in [3.05, 3.63) is 71.3 Å². The van der Waals surface area contributed by atoms with Crippen molar-refractivity contribution in [2.24, 2.45) is 0 Å². The molecule has 1 nitrogen and oxygen atoms in total. The van der Waals surface area contributed by atoms with Gasteiger partial charge in [0.2, 0.25) is 0 Å². The third-order valence-corrected chi connectivity index (χ3v) is 2.77. The first-order chi connectivity index (χ1) is 8.66. The smallest absolute Gasteiger partial charge is 0.185 e. The number of ketones is 1. The second kappa shape index (κ2) is 5.50. The normalized spacial score (nSPS) is 10.7. The third kappa shape index (κ3) is 2.98. The van der Waals surface area contributed by atoms with Gasteiger partial charge < -0.3 is 0 Å². The average molecular weight is 232 g/mol. The lowest BCUT2D eigenvalue weighted by atomic mass is 9.93. The predicted octanol–water partition coefficient (Wildman–Crippen LogP) is 2.68. The molecule has 18 heavy (non-hydrogen) atoms. The van der Waals surface area contributed by atoms with E-state index in [1.807, 2.05) is 37.3 Å². The SMILES string of the molecule is [B]c1cccc(C(=O)/C=C/c2ccccc2C)c1. The molecule has 86 valence electrons. The van der Waals surface area contributed by atoms with Crippen LogP contribution in [0.15, 0.2) is 54.6 Å². The first-order valence-electron chi connectivity index (χ1n) is 5.80. The molecule has 0 saturated heterocycles. The van der Waals surface area contributed by atoms with Gasteiger partial charge in [-0.25, -0.2) is 0 Å². The second-order valence-electron chi connectivity index (χ2n) is 4.18. The molecule has 0 heterocycles. The third-order valence-electron chi connectivity index (χ3n) is 2.77. The zero-order chi connectivity index (χ0) is 13.0. The fourth-order valence-corrected chi connectivity index (χ4v) is 1.73. The van der Waals surface area contributed by atoms with E-state index in [2.05, 4.69) is 0 Å². The van der Waals surface area contributed by atoms with E-state index in [-0.39, 0.29) is 5.78 Å². The summed E-state index contributed by atoms with van der Waals surface area (Å²) in [6, 6.07) is 14.9. The quantitative estimate of drug-likeness (QED) is 0.451. The number of aryl methyl sites for hydroxylation is 1. The molecular weight excluding hydrogens is 219 g/mol. The fourth-order valence-electron chi connectivity index (χ4n) is 1.73. The molecule has 0 aliphatic carbocycles. The molecule has 2 rings (SSSR count). The lowest BCUT2D eigenvalue weighted by molar-refractivity contribution is 0.104. The molecule has 0 saturated carbocycles. The van der Waals surface area contributed by atoms with Crippen molar-refractivity contribution in [3.8, 4) is 0 Å². The maximum absolute atomic E-state index is 11.9. The van der Waals surface area contributed by atoms with Crippen LogP contribution in [-0.2, 0) is 0 Å². The summed E-state index contributed by atoms with van der Waals surface area (Å²) in [5, 5.41) is 0. The van der Waals surface area contributed by atoms with Crippen molar-refractivity contribution in [2.45, 2.75) is 6.92 Å². The van der Waals surface area contributed by atoms with Crippen LogP contribution < -0.4 is 5.46 Å². The molecular formula is C16H13BO. The standard InChI is InChI=1S/C16H13BO/c1-12-5-2-3-6-13(12)9-10-16(18)14-7-4-8-15(17)11-14/h2-11H,1H3/b10-9+. The minimum atomic E-state index is -0.0365. The van der Waals surface area contributed by atoms with Crippen LogP contribution in [0.2, 0.25) is 0 Å². The molecule has 0 bridgehead atoms. The molecule has 0 amide bonds. The van der Waals surface area contributed by atoms with Crippen molar-refractivity contribution in [3.63, 3.8) is 0 Å². The van der Waals surface area contributed by atoms with Gasteiger partial charge in [-0.2, -0.15) is 0 Å². The van der Waals surface area contributed by atoms with E-state index < -0.39 is 0 Å².